The molecule has 1 atom stereocenters. The number of pyridine rings is 1. The Kier molecular flexibility index (Phi) is 6.42. The molecule has 1 aliphatic rings. The SMILES string of the molecule is NC(=O)C(Cc1ccncc1)(NCCC1CCNCC1)c1ccccc1O. The van der Waals surface area contributed by atoms with Crippen LogP contribution >= 0.6 is 0 Å². The average Bonchev–Trinajstić information content (AvgIpc) is 2.69. The van der Waals surface area contributed by atoms with Gasteiger partial charge in [0.25, 0.3) is 0 Å². The number of hydrogen-bond donors (Lipinski definition) is 4. The molecule has 6 nitrogen and oxygen atoms in total. The summed E-state index contributed by atoms with van der Waals surface area (Å²) in [5.41, 5.74) is 6.18. The topological polar surface area (TPSA) is 100 Å². The molecule has 2 heterocycles. The van der Waals surface area contributed by atoms with Crippen molar-refractivity contribution in [1.82, 2.24) is 15.6 Å². The maximum atomic E-state index is 12.7. The number of amides is 1. The normalized spacial score (nSPS) is 17.3. The molecule has 6 heteroatoms. The van der Waals surface area contributed by atoms with Crippen molar-refractivity contribution in [3.63, 3.8) is 0 Å². The smallest absolute Gasteiger partial charge is 0.242 e. The largest absolute Gasteiger partial charge is 0.508 e. The van der Waals surface area contributed by atoms with Gasteiger partial charge in [0.1, 0.15) is 11.3 Å². The van der Waals surface area contributed by atoms with Gasteiger partial charge in [0.2, 0.25) is 5.91 Å². The van der Waals surface area contributed by atoms with Gasteiger partial charge in [-0.1, -0.05) is 18.2 Å². The summed E-state index contributed by atoms with van der Waals surface area (Å²) in [6.07, 6.45) is 7.01. The summed E-state index contributed by atoms with van der Waals surface area (Å²) >= 11 is 0. The van der Waals surface area contributed by atoms with Crippen LogP contribution in [0.4, 0.5) is 0 Å². The number of aromatic nitrogens is 1. The molecule has 1 saturated heterocycles. The van der Waals surface area contributed by atoms with Gasteiger partial charge >= 0.3 is 0 Å². The van der Waals surface area contributed by atoms with E-state index < -0.39 is 11.4 Å². The number of phenols is 1. The number of aromatic hydroxyl groups is 1. The standard InChI is InChI=1S/C21H28N4O2/c22-20(27)21(15-17-7-12-24-13-8-17,18-3-1-2-4-19(18)26)25-14-9-16-5-10-23-11-6-16/h1-4,7-8,12-13,16,23,25-26H,5-6,9-11,14-15H2,(H2,22,27). The second kappa shape index (κ2) is 8.97. The van der Waals surface area contributed by atoms with Gasteiger partial charge < -0.3 is 16.2 Å². The number of piperidine rings is 1. The molecule has 0 saturated carbocycles. The number of phenolic OH excluding ortho intramolecular Hbond substituents is 1. The lowest BCUT2D eigenvalue weighted by Gasteiger charge is -2.34. The van der Waals surface area contributed by atoms with E-state index in [2.05, 4.69) is 15.6 Å². The molecule has 1 aromatic carbocycles. The van der Waals surface area contributed by atoms with Gasteiger partial charge in [-0.2, -0.15) is 0 Å². The number of primary amides is 1. The first-order chi connectivity index (χ1) is 13.1. The van der Waals surface area contributed by atoms with E-state index in [1.54, 1.807) is 30.6 Å². The number of hydrogen-bond acceptors (Lipinski definition) is 5. The zero-order valence-electron chi connectivity index (χ0n) is 15.5. The van der Waals surface area contributed by atoms with Crippen LogP contribution in [0.3, 0.4) is 0 Å². The third-order valence-corrected chi connectivity index (χ3v) is 5.44. The predicted octanol–water partition coefficient (Wildman–Crippen LogP) is 1.69. The Morgan fingerprint density at radius 3 is 2.59 bits per heavy atom. The molecular formula is C21H28N4O2. The highest BCUT2D eigenvalue weighted by molar-refractivity contribution is 5.87. The zero-order valence-corrected chi connectivity index (χ0v) is 15.5. The second-order valence-corrected chi connectivity index (χ2v) is 7.23. The highest BCUT2D eigenvalue weighted by atomic mass is 16.3. The fraction of sp³-hybridized carbons (Fsp3) is 0.429. The van der Waals surface area contributed by atoms with Crippen LogP contribution in [0.15, 0.2) is 48.8 Å². The minimum atomic E-state index is -1.17. The third kappa shape index (κ3) is 4.64. The van der Waals surface area contributed by atoms with Crippen molar-refractivity contribution in [3.05, 3.63) is 59.9 Å². The molecule has 1 aromatic heterocycles. The lowest BCUT2D eigenvalue weighted by atomic mass is 9.82. The van der Waals surface area contributed by atoms with E-state index >= 15 is 0 Å². The summed E-state index contributed by atoms with van der Waals surface area (Å²) in [5, 5.41) is 17.2. The van der Waals surface area contributed by atoms with Gasteiger partial charge in [0, 0.05) is 24.4 Å². The van der Waals surface area contributed by atoms with Crippen molar-refractivity contribution < 1.29 is 9.90 Å². The van der Waals surface area contributed by atoms with Crippen molar-refractivity contribution in [2.75, 3.05) is 19.6 Å². The van der Waals surface area contributed by atoms with E-state index in [9.17, 15) is 9.90 Å². The first-order valence-electron chi connectivity index (χ1n) is 9.55. The lowest BCUT2D eigenvalue weighted by molar-refractivity contribution is -0.125. The first-order valence-corrected chi connectivity index (χ1v) is 9.55. The Hall–Kier alpha value is -2.44. The van der Waals surface area contributed by atoms with Gasteiger partial charge in [0.15, 0.2) is 0 Å². The van der Waals surface area contributed by atoms with E-state index in [0.717, 1.165) is 37.9 Å². The Labute approximate surface area is 160 Å². The number of rotatable bonds is 8. The van der Waals surface area contributed by atoms with Crippen LogP contribution in [0.1, 0.15) is 30.4 Å². The number of benzene rings is 1. The van der Waals surface area contributed by atoms with Gasteiger partial charge in [-0.25, -0.2) is 0 Å². The summed E-state index contributed by atoms with van der Waals surface area (Å²) in [6, 6.07) is 10.6. The van der Waals surface area contributed by atoms with Crippen molar-refractivity contribution in [3.8, 4) is 5.75 Å². The Balaban J connectivity index is 1.86. The number of carbonyl (C=O) groups is 1. The average molecular weight is 368 g/mol. The van der Waals surface area contributed by atoms with Crippen LogP contribution in [0.2, 0.25) is 0 Å². The van der Waals surface area contributed by atoms with E-state index in [-0.39, 0.29) is 5.75 Å². The molecule has 5 N–H and O–H groups in total. The highest BCUT2D eigenvalue weighted by Crippen LogP contribution is 2.32. The van der Waals surface area contributed by atoms with Crippen LogP contribution < -0.4 is 16.4 Å². The van der Waals surface area contributed by atoms with Crippen molar-refractivity contribution in [1.29, 1.82) is 0 Å². The highest BCUT2D eigenvalue weighted by Gasteiger charge is 2.40. The number of carbonyl (C=O) groups excluding carboxylic acids is 1. The van der Waals surface area contributed by atoms with Gasteiger partial charge in [-0.15, -0.1) is 0 Å². The Morgan fingerprint density at radius 1 is 1.22 bits per heavy atom. The van der Waals surface area contributed by atoms with Gasteiger partial charge in [-0.3, -0.25) is 15.1 Å². The number of nitrogens with zero attached hydrogens (tertiary/aromatic N) is 1. The molecule has 0 bridgehead atoms. The second-order valence-electron chi connectivity index (χ2n) is 7.23. The van der Waals surface area contributed by atoms with Crippen molar-refractivity contribution in [2.24, 2.45) is 11.7 Å². The Bertz CT molecular complexity index is 747. The first kappa shape index (κ1) is 19.3. The van der Waals surface area contributed by atoms with Crippen LogP contribution in [-0.2, 0) is 16.8 Å². The summed E-state index contributed by atoms with van der Waals surface area (Å²) in [6.45, 7) is 2.75. The van der Waals surface area contributed by atoms with Crippen LogP contribution in [0, 0.1) is 5.92 Å². The maximum absolute atomic E-state index is 12.7. The molecule has 1 aliphatic heterocycles. The molecule has 1 unspecified atom stereocenters. The molecule has 1 fully saturated rings. The van der Waals surface area contributed by atoms with Crippen LogP contribution in [0.25, 0.3) is 0 Å². The molecule has 0 radical (unpaired) electrons. The van der Waals surface area contributed by atoms with Gasteiger partial charge in [0.05, 0.1) is 0 Å². The minimum absolute atomic E-state index is 0.0692. The molecule has 1 amide bonds. The molecular weight excluding hydrogens is 340 g/mol. The number of para-hydroxylation sites is 1. The summed E-state index contributed by atoms with van der Waals surface area (Å²) in [4.78, 5) is 16.7. The molecule has 144 valence electrons. The zero-order chi connectivity index (χ0) is 19.1. The third-order valence-electron chi connectivity index (χ3n) is 5.44. The van der Waals surface area contributed by atoms with Crippen LogP contribution in [-0.4, -0.2) is 35.6 Å². The molecule has 0 aliphatic carbocycles. The Morgan fingerprint density at radius 2 is 1.93 bits per heavy atom. The summed E-state index contributed by atoms with van der Waals surface area (Å²) in [7, 11) is 0. The molecule has 3 rings (SSSR count). The fourth-order valence-corrected chi connectivity index (χ4v) is 3.86. The fourth-order valence-electron chi connectivity index (χ4n) is 3.86. The monoisotopic (exact) mass is 368 g/mol. The summed E-state index contributed by atoms with van der Waals surface area (Å²) < 4.78 is 0. The van der Waals surface area contributed by atoms with E-state index in [1.165, 1.54) is 0 Å². The predicted molar refractivity (Wildman–Crippen MR) is 105 cm³/mol. The minimum Gasteiger partial charge on any atom is -0.508 e. The van der Waals surface area contributed by atoms with Crippen LogP contribution in [0.5, 0.6) is 5.75 Å². The van der Waals surface area contributed by atoms with Gasteiger partial charge in [-0.05, 0) is 68.6 Å². The molecule has 27 heavy (non-hydrogen) atoms. The quantitative estimate of drug-likeness (QED) is 0.568. The number of nitrogens with two attached hydrogens (primary N) is 1. The lowest BCUT2D eigenvalue weighted by Crippen LogP contribution is -2.54. The summed E-state index contributed by atoms with van der Waals surface area (Å²) in [5.74, 6) is 0.209. The van der Waals surface area contributed by atoms with E-state index in [0.29, 0.717) is 24.4 Å². The maximum Gasteiger partial charge on any atom is 0.242 e. The van der Waals surface area contributed by atoms with Crippen molar-refractivity contribution in [2.45, 2.75) is 31.2 Å². The molecule has 0 spiro atoms. The number of nitrogens with one attached hydrogen (secondary N) is 2. The van der Waals surface area contributed by atoms with E-state index in [1.807, 2.05) is 18.2 Å². The molecule has 2 aromatic rings. The van der Waals surface area contributed by atoms with E-state index in [4.69, 9.17) is 5.73 Å². The van der Waals surface area contributed by atoms with Crippen molar-refractivity contribution >= 4 is 5.91 Å².